The lowest BCUT2D eigenvalue weighted by Crippen LogP contribution is -2.01. The Morgan fingerprint density at radius 3 is 2.75 bits per heavy atom. The van der Waals surface area contributed by atoms with Gasteiger partial charge in [-0.15, -0.1) is 0 Å². The number of phenols is 1. The molecule has 102 valence electrons. The van der Waals surface area contributed by atoms with Crippen LogP contribution in [0.5, 0.6) is 5.75 Å². The van der Waals surface area contributed by atoms with Crippen LogP contribution in [0.15, 0.2) is 42.5 Å². The molecule has 0 spiro atoms. The van der Waals surface area contributed by atoms with E-state index in [9.17, 15) is 5.11 Å². The summed E-state index contributed by atoms with van der Waals surface area (Å²) in [5, 5.41) is 14.5. The van der Waals surface area contributed by atoms with E-state index in [0.29, 0.717) is 6.54 Å². The van der Waals surface area contributed by atoms with Gasteiger partial charge >= 0.3 is 0 Å². The molecule has 0 radical (unpaired) electrons. The van der Waals surface area contributed by atoms with Gasteiger partial charge in [0, 0.05) is 16.6 Å². The number of H-pyrrole nitrogens is 1. The first-order valence-corrected chi connectivity index (χ1v) is 6.81. The minimum atomic E-state index is 0.275. The maximum Gasteiger partial charge on any atom is 0.115 e. The average Bonchev–Trinajstić information content (AvgIpc) is 2.75. The minimum absolute atomic E-state index is 0.275. The quantitative estimate of drug-likeness (QED) is 0.623. The van der Waals surface area contributed by atoms with Crippen molar-refractivity contribution in [3.05, 3.63) is 58.7 Å². The Hall–Kier alpha value is -2.13. The Morgan fingerprint density at radius 1 is 1.20 bits per heavy atom. The predicted molar refractivity (Wildman–Crippen MR) is 83.5 cm³/mol. The van der Waals surface area contributed by atoms with Crippen molar-refractivity contribution in [2.45, 2.75) is 13.5 Å². The first-order chi connectivity index (χ1) is 9.65. The highest BCUT2D eigenvalue weighted by Crippen LogP contribution is 2.28. The van der Waals surface area contributed by atoms with Crippen molar-refractivity contribution in [2.24, 2.45) is 0 Å². The standard InChI is InChI=1S/C16H15ClN2O/c1-10-8-11(20)6-7-13(10)18-9-15-16(17)12-4-2-3-5-14(12)19-15/h2-8,18-20H,9H2,1H3. The summed E-state index contributed by atoms with van der Waals surface area (Å²) in [5.74, 6) is 0.275. The lowest BCUT2D eigenvalue weighted by atomic mass is 10.2. The Balaban J connectivity index is 1.85. The van der Waals surface area contributed by atoms with Crippen LogP contribution in [-0.4, -0.2) is 10.1 Å². The molecule has 2 aromatic carbocycles. The highest BCUT2D eigenvalue weighted by molar-refractivity contribution is 6.36. The van der Waals surface area contributed by atoms with Crippen LogP contribution in [0.1, 0.15) is 11.3 Å². The van der Waals surface area contributed by atoms with Gasteiger partial charge in [-0.1, -0.05) is 29.8 Å². The molecule has 0 saturated heterocycles. The lowest BCUT2D eigenvalue weighted by Gasteiger charge is -2.09. The van der Waals surface area contributed by atoms with E-state index >= 15 is 0 Å². The molecule has 1 heterocycles. The minimum Gasteiger partial charge on any atom is -0.508 e. The molecular weight excluding hydrogens is 272 g/mol. The van der Waals surface area contributed by atoms with E-state index in [4.69, 9.17) is 11.6 Å². The molecule has 0 fully saturated rings. The number of rotatable bonds is 3. The molecule has 0 aliphatic heterocycles. The topological polar surface area (TPSA) is 48.0 Å². The van der Waals surface area contributed by atoms with E-state index in [1.54, 1.807) is 12.1 Å². The monoisotopic (exact) mass is 286 g/mol. The fourth-order valence-corrected chi connectivity index (χ4v) is 2.59. The van der Waals surface area contributed by atoms with E-state index in [0.717, 1.165) is 32.9 Å². The van der Waals surface area contributed by atoms with Gasteiger partial charge < -0.3 is 15.4 Å². The van der Waals surface area contributed by atoms with E-state index in [1.165, 1.54) is 0 Å². The molecule has 1 aromatic heterocycles. The summed E-state index contributed by atoms with van der Waals surface area (Å²) >= 11 is 6.38. The smallest absolute Gasteiger partial charge is 0.115 e. The number of phenolic OH excluding ortho intramolecular Hbond substituents is 1. The summed E-state index contributed by atoms with van der Waals surface area (Å²) in [6.45, 7) is 2.56. The van der Waals surface area contributed by atoms with Gasteiger partial charge in [-0.2, -0.15) is 0 Å². The maximum atomic E-state index is 9.41. The van der Waals surface area contributed by atoms with Gasteiger partial charge in [0.2, 0.25) is 0 Å². The van der Waals surface area contributed by atoms with E-state index in [-0.39, 0.29) is 5.75 Å². The molecule has 0 aliphatic rings. The van der Waals surface area contributed by atoms with Gasteiger partial charge in [-0.3, -0.25) is 0 Å². The highest BCUT2D eigenvalue weighted by Gasteiger charge is 2.09. The number of aromatic nitrogens is 1. The van der Waals surface area contributed by atoms with Crippen molar-refractivity contribution in [2.75, 3.05) is 5.32 Å². The third-order valence-corrected chi connectivity index (χ3v) is 3.81. The van der Waals surface area contributed by atoms with Crippen LogP contribution in [-0.2, 0) is 6.54 Å². The summed E-state index contributed by atoms with van der Waals surface area (Å²) in [6.07, 6.45) is 0. The second-order valence-electron chi connectivity index (χ2n) is 4.82. The second kappa shape index (κ2) is 5.10. The number of para-hydroxylation sites is 1. The predicted octanol–water partition coefficient (Wildman–Crippen LogP) is 4.45. The van der Waals surface area contributed by atoms with Gasteiger partial charge in [-0.25, -0.2) is 0 Å². The first-order valence-electron chi connectivity index (χ1n) is 6.44. The number of hydrogen-bond donors (Lipinski definition) is 3. The third kappa shape index (κ3) is 2.32. The lowest BCUT2D eigenvalue weighted by molar-refractivity contribution is 0.475. The third-order valence-electron chi connectivity index (χ3n) is 3.38. The maximum absolute atomic E-state index is 9.41. The zero-order chi connectivity index (χ0) is 14.1. The molecule has 3 rings (SSSR count). The number of benzene rings is 2. The molecular formula is C16H15ClN2O. The summed E-state index contributed by atoms with van der Waals surface area (Å²) in [7, 11) is 0. The van der Waals surface area contributed by atoms with Crippen molar-refractivity contribution < 1.29 is 5.11 Å². The average molecular weight is 287 g/mol. The normalized spacial score (nSPS) is 10.9. The Bertz CT molecular complexity index is 764. The summed E-state index contributed by atoms with van der Waals surface area (Å²) in [4.78, 5) is 3.32. The van der Waals surface area contributed by atoms with Crippen molar-refractivity contribution in [1.29, 1.82) is 0 Å². The number of aromatic amines is 1. The Kier molecular flexibility index (Phi) is 3.28. The Labute approximate surface area is 122 Å². The number of anilines is 1. The summed E-state index contributed by atoms with van der Waals surface area (Å²) in [6, 6.07) is 13.2. The highest BCUT2D eigenvalue weighted by atomic mass is 35.5. The fourth-order valence-electron chi connectivity index (χ4n) is 2.32. The molecule has 0 bridgehead atoms. The summed E-state index contributed by atoms with van der Waals surface area (Å²) < 4.78 is 0. The van der Waals surface area contributed by atoms with Crippen LogP contribution in [0.25, 0.3) is 10.9 Å². The van der Waals surface area contributed by atoms with E-state index in [2.05, 4.69) is 10.3 Å². The van der Waals surface area contributed by atoms with Crippen LogP contribution in [0.3, 0.4) is 0 Å². The van der Waals surface area contributed by atoms with E-state index < -0.39 is 0 Å². The van der Waals surface area contributed by atoms with Gasteiger partial charge in [0.05, 0.1) is 17.3 Å². The molecule has 0 amide bonds. The van der Waals surface area contributed by atoms with Gasteiger partial charge in [-0.05, 0) is 36.8 Å². The zero-order valence-corrected chi connectivity index (χ0v) is 11.8. The van der Waals surface area contributed by atoms with Crippen molar-refractivity contribution in [1.82, 2.24) is 4.98 Å². The number of hydrogen-bond acceptors (Lipinski definition) is 2. The van der Waals surface area contributed by atoms with Gasteiger partial charge in [0.15, 0.2) is 0 Å². The van der Waals surface area contributed by atoms with Crippen LogP contribution >= 0.6 is 11.6 Å². The molecule has 4 heteroatoms. The van der Waals surface area contributed by atoms with Crippen LogP contribution in [0.4, 0.5) is 5.69 Å². The molecule has 0 atom stereocenters. The number of nitrogens with one attached hydrogen (secondary N) is 2. The number of aromatic hydroxyl groups is 1. The van der Waals surface area contributed by atoms with Crippen molar-refractivity contribution in [3.8, 4) is 5.75 Å². The zero-order valence-electron chi connectivity index (χ0n) is 11.1. The molecule has 3 N–H and O–H groups in total. The molecule has 3 aromatic rings. The fraction of sp³-hybridized carbons (Fsp3) is 0.125. The molecule has 3 nitrogen and oxygen atoms in total. The molecule has 0 aliphatic carbocycles. The largest absolute Gasteiger partial charge is 0.508 e. The van der Waals surface area contributed by atoms with Crippen LogP contribution in [0.2, 0.25) is 5.02 Å². The molecule has 20 heavy (non-hydrogen) atoms. The van der Waals surface area contributed by atoms with Crippen molar-refractivity contribution >= 4 is 28.2 Å². The van der Waals surface area contributed by atoms with E-state index in [1.807, 2.05) is 37.3 Å². The molecule has 0 saturated carbocycles. The number of aryl methyl sites for hydroxylation is 1. The SMILES string of the molecule is Cc1cc(O)ccc1NCc1[nH]c2ccccc2c1Cl. The molecule has 0 unspecified atom stereocenters. The van der Waals surface area contributed by atoms with Crippen LogP contribution < -0.4 is 5.32 Å². The number of fused-ring (bicyclic) bond motifs is 1. The first kappa shape index (κ1) is 12.9. The Morgan fingerprint density at radius 2 is 2.00 bits per heavy atom. The second-order valence-corrected chi connectivity index (χ2v) is 5.19. The summed E-state index contributed by atoms with van der Waals surface area (Å²) in [5.41, 5.74) is 3.98. The van der Waals surface area contributed by atoms with Gasteiger partial charge in [0.1, 0.15) is 5.75 Å². The van der Waals surface area contributed by atoms with Crippen molar-refractivity contribution in [3.63, 3.8) is 0 Å². The van der Waals surface area contributed by atoms with Gasteiger partial charge in [0.25, 0.3) is 0 Å². The number of halogens is 1. The van der Waals surface area contributed by atoms with Crippen LogP contribution in [0, 0.1) is 6.92 Å².